The number of benzene rings is 1. The molecule has 0 aliphatic carbocycles. The van der Waals surface area contributed by atoms with Crippen LogP contribution in [0.3, 0.4) is 0 Å². The maximum Gasteiger partial charge on any atom is 0.297 e. The maximum atomic E-state index is 12.2. The van der Waals surface area contributed by atoms with Crippen molar-refractivity contribution in [1.29, 1.82) is 0 Å². The first-order valence-corrected chi connectivity index (χ1v) is 7.15. The summed E-state index contributed by atoms with van der Waals surface area (Å²) >= 11 is 0. The normalized spacial score (nSPS) is 11.3. The van der Waals surface area contributed by atoms with Gasteiger partial charge in [0.15, 0.2) is 0 Å². The van der Waals surface area contributed by atoms with E-state index in [-0.39, 0.29) is 5.41 Å². The van der Waals surface area contributed by atoms with Crippen LogP contribution in [0.2, 0.25) is 0 Å². The molecule has 1 N–H and O–H groups in total. The number of ketones is 1. The van der Waals surface area contributed by atoms with Gasteiger partial charge < -0.3 is 5.32 Å². The summed E-state index contributed by atoms with van der Waals surface area (Å²) in [6.07, 6.45) is 0. The van der Waals surface area contributed by atoms with E-state index < -0.39 is 11.7 Å². The molecule has 0 atom stereocenters. The Morgan fingerprint density at radius 3 is 2.18 bits per heavy atom. The third-order valence-electron chi connectivity index (χ3n) is 3.46. The second-order valence-electron chi connectivity index (χ2n) is 6.41. The molecule has 116 valence electrons. The van der Waals surface area contributed by atoms with Crippen LogP contribution in [0, 0.1) is 6.92 Å². The van der Waals surface area contributed by atoms with Gasteiger partial charge in [0, 0.05) is 18.7 Å². The molecule has 5 heteroatoms. The second kappa shape index (κ2) is 5.75. The number of aryl methyl sites for hydroxylation is 2. The Morgan fingerprint density at radius 1 is 1.14 bits per heavy atom. The molecule has 0 fully saturated rings. The van der Waals surface area contributed by atoms with Crippen molar-refractivity contribution in [2.24, 2.45) is 7.05 Å². The van der Waals surface area contributed by atoms with E-state index in [9.17, 15) is 9.59 Å². The van der Waals surface area contributed by atoms with E-state index in [0.717, 1.165) is 11.3 Å². The summed E-state index contributed by atoms with van der Waals surface area (Å²) in [7, 11) is 1.71. The molecule has 1 aromatic heterocycles. The number of carbonyl (C=O) groups is 2. The quantitative estimate of drug-likeness (QED) is 0.700. The number of hydrogen-bond donors (Lipinski definition) is 1. The van der Waals surface area contributed by atoms with Crippen LogP contribution in [0.25, 0.3) is 0 Å². The van der Waals surface area contributed by atoms with Gasteiger partial charge in [-0.2, -0.15) is 5.10 Å². The summed E-state index contributed by atoms with van der Waals surface area (Å²) < 4.78 is 1.53. The van der Waals surface area contributed by atoms with Crippen molar-refractivity contribution in [1.82, 2.24) is 9.78 Å². The van der Waals surface area contributed by atoms with Gasteiger partial charge in [-0.25, -0.2) is 0 Å². The van der Waals surface area contributed by atoms with E-state index in [1.165, 1.54) is 4.68 Å². The average Bonchev–Trinajstić information content (AvgIpc) is 2.75. The first-order chi connectivity index (χ1) is 10.2. The standard InChI is InChI=1S/C17H21N3O2/c1-11-10-14(20(5)19-11)18-16(22)15(21)12-6-8-13(9-7-12)17(2,3)4/h6-10H,1-5H3,(H,18,22). The van der Waals surface area contributed by atoms with Crippen molar-refractivity contribution < 1.29 is 9.59 Å². The predicted molar refractivity (Wildman–Crippen MR) is 86.0 cm³/mol. The van der Waals surface area contributed by atoms with Gasteiger partial charge in [-0.3, -0.25) is 14.3 Å². The molecule has 0 aliphatic rings. The van der Waals surface area contributed by atoms with Crippen LogP contribution in [-0.2, 0) is 17.3 Å². The van der Waals surface area contributed by atoms with Crippen LogP contribution < -0.4 is 5.32 Å². The molecule has 0 saturated carbocycles. The lowest BCUT2D eigenvalue weighted by Gasteiger charge is -2.18. The molecule has 0 bridgehead atoms. The molecule has 1 heterocycles. The molecule has 0 spiro atoms. The zero-order valence-electron chi connectivity index (χ0n) is 13.6. The highest BCUT2D eigenvalue weighted by Crippen LogP contribution is 2.22. The molecule has 5 nitrogen and oxygen atoms in total. The minimum absolute atomic E-state index is 0.00999. The number of nitrogens with one attached hydrogen (secondary N) is 1. The first-order valence-electron chi connectivity index (χ1n) is 7.15. The fraction of sp³-hybridized carbons (Fsp3) is 0.353. The van der Waals surface area contributed by atoms with Gasteiger partial charge in [-0.05, 0) is 17.9 Å². The Kier molecular flexibility index (Phi) is 4.17. The van der Waals surface area contributed by atoms with Crippen LogP contribution in [0.15, 0.2) is 30.3 Å². The zero-order chi connectivity index (χ0) is 16.5. The van der Waals surface area contributed by atoms with Crippen molar-refractivity contribution >= 4 is 17.5 Å². The van der Waals surface area contributed by atoms with E-state index in [1.807, 2.05) is 19.1 Å². The number of hydrogen-bond acceptors (Lipinski definition) is 3. The van der Waals surface area contributed by atoms with E-state index in [0.29, 0.717) is 11.4 Å². The Bertz CT molecular complexity index is 706. The summed E-state index contributed by atoms with van der Waals surface area (Å²) in [6, 6.07) is 8.87. The van der Waals surface area contributed by atoms with Gasteiger partial charge in [0.2, 0.25) is 0 Å². The number of aromatic nitrogens is 2. The molecule has 0 saturated heterocycles. The number of nitrogens with zero attached hydrogens (tertiary/aromatic N) is 2. The van der Waals surface area contributed by atoms with E-state index in [4.69, 9.17) is 0 Å². The maximum absolute atomic E-state index is 12.2. The van der Waals surface area contributed by atoms with Crippen molar-refractivity contribution in [3.05, 3.63) is 47.2 Å². The van der Waals surface area contributed by atoms with E-state index >= 15 is 0 Å². The SMILES string of the molecule is Cc1cc(NC(=O)C(=O)c2ccc(C(C)(C)C)cc2)n(C)n1. The van der Waals surface area contributed by atoms with Crippen LogP contribution in [0.1, 0.15) is 42.4 Å². The average molecular weight is 299 g/mol. The van der Waals surface area contributed by atoms with E-state index in [2.05, 4.69) is 31.2 Å². The number of amides is 1. The molecule has 1 aromatic carbocycles. The minimum atomic E-state index is -0.661. The Labute approximate surface area is 130 Å². The molecule has 0 aliphatic heterocycles. The van der Waals surface area contributed by atoms with Gasteiger partial charge in [-0.1, -0.05) is 45.0 Å². The third-order valence-corrected chi connectivity index (χ3v) is 3.46. The van der Waals surface area contributed by atoms with Gasteiger partial charge >= 0.3 is 0 Å². The lowest BCUT2D eigenvalue weighted by Crippen LogP contribution is -2.24. The predicted octanol–water partition coefficient (Wildman–Crippen LogP) is 2.85. The minimum Gasteiger partial charge on any atom is -0.304 e. The Hall–Kier alpha value is -2.43. The summed E-state index contributed by atoms with van der Waals surface area (Å²) in [4.78, 5) is 24.2. The zero-order valence-corrected chi connectivity index (χ0v) is 13.6. The summed E-state index contributed by atoms with van der Waals surface area (Å²) in [5.41, 5.74) is 2.28. The Balaban J connectivity index is 2.14. The highest BCUT2D eigenvalue weighted by atomic mass is 16.2. The molecule has 22 heavy (non-hydrogen) atoms. The molecule has 1 amide bonds. The molecule has 2 rings (SSSR count). The van der Waals surface area contributed by atoms with E-state index in [1.54, 1.807) is 25.2 Å². The summed E-state index contributed by atoms with van der Waals surface area (Å²) in [5, 5.41) is 6.71. The summed E-state index contributed by atoms with van der Waals surface area (Å²) in [5.74, 6) is -0.715. The van der Waals surface area contributed by atoms with Gasteiger partial charge in [0.05, 0.1) is 5.69 Å². The smallest absolute Gasteiger partial charge is 0.297 e. The lowest BCUT2D eigenvalue weighted by atomic mass is 9.86. The third kappa shape index (κ3) is 3.42. The number of carbonyl (C=O) groups excluding carboxylic acids is 2. The van der Waals surface area contributed by atoms with Crippen molar-refractivity contribution in [3.63, 3.8) is 0 Å². The van der Waals surface area contributed by atoms with Crippen molar-refractivity contribution in [3.8, 4) is 0 Å². The largest absolute Gasteiger partial charge is 0.304 e. The topological polar surface area (TPSA) is 64.0 Å². The molecule has 0 unspecified atom stereocenters. The second-order valence-corrected chi connectivity index (χ2v) is 6.41. The molecular weight excluding hydrogens is 278 g/mol. The van der Waals surface area contributed by atoms with Gasteiger partial charge in [0.25, 0.3) is 11.7 Å². The molecular formula is C17H21N3O2. The highest BCUT2D eigenvalue weighted by Gasteiger charge is 2.19. The van der Waals surface area contributed by atoms with Crippen LogP contribution in [0.4, 0.5) is 5.82 Å². The lowest BCUT2D eigenvalue weighted by molar-refractivity contribution is -0.112. The number of rotatable bonds is 3. The fourth-order valence-electron chi connectivity index (χ4n) is 2.15. The van der Waals surface area contributed by atoms with Crippen LogP contribution in [0.5, 0.6) is 0 Å². The van der Waals surface area contributed by atoms with Crippen molar-refractivity contribution in [2.75, 3.05) is 5.32 Å². The van der Waals surface area contributed by atoms with Gasteiger partial charge in [-0.15, -0.1) is 0 Å². The monoisotopic (exact) mass is 299 g/mol. The van der Waals surface area contributed by atoms with Gasteiger partial charge in [0.1, 0.15) is 5.82 Å². The van der Waals surface area contributed by atoms with Crippen LogP contribution >= 0.6 is 0 Å². The highest BCUT2D eigenvalue weighted by molar-refractivity contribution is 6.46. The first kappa shape index (κ1) is 15.9. The molecule has 2 aromatic rings. The molecule has 0 radical (unpaired) electrons. The number of Topliss-reactive ketones (excluding diaryl/α,β-unsaturated/α-hetero) is 1. The summed E-state index contributed by atoms with van der Waals surface area (Å²) in [6.45, 7) is 8.12. The Morgan fingerprint density at radius 2 is 1.73 bits per heavy atom. The van der Waals surface area contributed by atoms with Crippen LogP contribution in [-0.4, -0.2) is 21.5 Å². The fourth-order valence-corrected chi connectivity index (χ4v) is 2.15. The number of anilines is 1. The van der Waals surface area contributed by atoms with Crippen molar-refractivity contribution in [2.45, 2.75) is 33.1 Å².